The molecule has 0 aliphatic carbocycles. The number of carbonyl (C=O) groups excluding carboxylic acids is 1. The maximum absolute atomic E-state index is 10.8. The highest BCUT2D eigenvalue weighted by atomic mass is 32.2. The molecule has 0 unspecified atom stereocenters. The Hall–Kier alpha value is -2.02. The first-order chi connectivity index (χ1) is 11.2. The topological polar surface area (TPSA) is 66.2 Å². The molecule has 23 heavy (non-hydrogen) atoms. The first kappa shape index (κ1) is 17.3. The molecular weight excluding hydrogens is 314 g/mol. The quantitative estimate of drug-likeness (QED) is 0.399. The number of aryl methyl sites for hydroxylation is 1. The van der Waals surface area contributed by atoms with E-state index in [2.05, 4.69) is 10.2 Å². The minimum absolute atomic E-state index is 0.528. The Balaban J connectivity index is 1.81. The number of aldehydes is 1. The van der Waals surface area contributed by atoms with Gasteiger partial charge in [0.05, 0.1) is 13.2 Å². The molecule has 0 spiro atoms. The van der Waals surface area contributed by atoms with Gasteiger partial charge in [0, 0.05) is 18.4 Å². The van der Waals surface area contributed by atoms with Crippen LogP contribution in [0, 0.1) is 6.92 Å². The zero-order valence-corrected chi connectivity index (χ0v) is 14.4. The molecule has 0 atom stereocenters. The lowest BCUT2D eigenvalue weighted by molar-refractivity contribution is 0.112. The molecule has 0 saturated heterocycles. The Bertz CT molecular complexity index is 658. The minimum Gasteiger partial charge on any atom is -0.490 e. The molecule has 1 aromatic carbocycles. The van der Waals surface area contributed by atoms with Gasteiger partial charge >= 0.3 is 0 Å². The number of rotatable bonds is 9. The summed E-state index contributed by atoms with van der Waals surface area (Å²) in [6, 6.07) is 5.19. The summed E-state index contributed by atoms with van der Waals surface area (Å²) < 4.78 is 13.2. The van der Waals surface area contributed by atoms with E-state index in [4.69, 9.17) is 9.47 Å². The van der Waals surface area contributed by atoms with Crippen LogP contribution >= 0.6 is 11.8 Å². The molecule has 2 rings (SSSR count). The van der Waals surface area contributed by atoms with Crippen LogP contribution in [0.2, 0.25) is 0 Å². The van der Waals surface area contributed by atoms with Crippen molar-refractivity contribution in [3.05, 3.63) is 29.6 Å². The van der Waals surface area contributed by atoms with Crippen LogP contribution < -0.4 is 9.47 Å². The van der Waals surface area contributed by atoms with Crippen molar-refractivity contribution >= 4 is 18.0 Å². The summed E-state index contributed by atoms with van der Waals surface area (Å²) in [5, 5.41) is 9.05. The molecule has 124 valence electrons. The maximum atomic E-state index is 10.8. The van der Waals surface area contributed by atoms with Crippen LogP contribution in [-0.4, -0.2) is 40.0 Å². The third-order valence-corrected chi connectivity index (χ3v) is 4.34. The second-order valence-electron chi connectivity index (χ2n) is 4.90. The summed E-state index contributed by atoms with van der Waals surface area (Å²) >= 11 is 1.66. The Morgan fingerprint density at radius 1 is 1.26 bits per heavy atom. The van der Waals surface area contributed by atoms with Gasteiger partial charge in [-0.05, 0) is 38.5 Å². The zero-order chi connectivity index (χ0) is 16.7. The fourth-order valence-electron chi connectivity index (χ4n) is 1.90. The van der Waals surface area contributed by atoms with Crippen molar-refractivity contribution in [2.24, 2.45) is 7.05 Å². The van der Waals surface area contributed by atoms with Crippen molar-refractivity contribution < 1.29 is 14.3 Å². The Kier molecular flexibility index (Phi) is 6.46. The van der Waals surface area contributed by atoms with Gasteiger partial charge in [0.25, 0.3) is 0 Å². The highest BCUT2D eigenvalue weighted by molar-refractivity contribution is 7.99. The summed E-state index contributed by atoms with van der Waals surface area (Å²) in [6.07, 6.45) is 1.67. The molecule has 6 nitrogen and oxygen atoms in total. The average molecular weight is 335 g/mol. The Labute approximate surface area is 140 Å². The van der Waals surface area contributed by atoms with E-state index >= 15 is 0 Å². The molecule has 0 aliphatic heterocycles. The molecule has 7 heteroatoms. The summed E-state index contributed by atoms with van der Waals surface area (Å²) in [6.45, 7) is 4.93. The molecular formula is C16H21N3O3S. The predicted molar refractivity (Wildman–Crippen MR) is 89.6 cm³/mol. The van der Waals surface area contributed by atoms with Gasteiger partial charge in [-0.25, -0.2) is 0 Å². The van der Waals surface area contributed by atoms with E-state index in [0.29, 0.717) is 30.3 Å². The summed E-state index contributed by atoms with van der Waals surface area (Å²) in [7, 11) is 1.96. The molecule has 0 bridgehead atoms. The van der Waals surface area contributed by atoms with E-state index < -0.39 is 0 Å². The molecule has 0 amide bonds. The second-order valence-corrected chi connectivity index (χ2v) is 5.96. The van der Waals surface area contributed by atoms with E-state index in [1.165, 1.54) is 0 Å². The molecule has 0 N–H and O–H groups in total. The van der Waals surface area contributed by atoms with E-state index in [0.717, 1.165) is 29.4 Å². The van der Waals surface area contributed by atoms with Gasteiger partial charge in [-0.3, -0.25) is 4.79 Å². The number of carbonyl (C=O) groups is 1. The predicted octanol–water partition coefficient (Wildman–Crippen LogP) is 2.90. The maximum Gasteiger partial charge on any atom is 0.190 e. The van der Waals surface area contributed by atoms with E-state index in [-0.39, 0.29) is 0 Å². The first-order valence-electron chi connectivity index (χ1n) is 7.49. The fraction of sp³-hybridized carbons (Fsp3) is 0.438. The number of nitrogens with zero attached hydrogens (tertiary/aromatic N) is 3. The lowest BCUT2D eigenvalue weighted by Gasteiger charge is -2.12. The van der Waals surface area contributed by atoms with E-state index in [1.807, 2.05) is 25.5 Å². The third kappa shape index (κ3) is 4.72. The molecule has 2 aromatic rings. The molecule has 0 aliphatic rings. The molecule has 1 aromatic heterocycles. The van der Waals surface area contributed by atoms with Gasteiger partial charge in [0.15, 0.2) is 16.7 Å². The lowest BCUT2D eigenvalue weighted by atomic mass is 10.2. The number of hydrogen-bond donors (Lipinski definition) is 0. The van der Waals surface area contributed by atoms with Crippen LogP contribution in [0.3, 0.4) is 0 Å². The van der Waals surface area contributed by atoms with E-state index in [9.17, 15) is 4.79 Å². The Morgan fingerprint density at radius 3 is 2.74 bits per heavy atom. The van der Waals surface area contributed by atoms with Crippen molar-refractivity contribution in [3.63, 3.8) is 0 Å². The number of ether oxygens (including phenoxy) is 2. The summed E-state index contributed by atoms with van der Waals surface area (Å²) in [5.74, 6) is 3.06. The second kappa shape index (κ2) is 8.57. The van der Waals surface area contributed by atoms with Gasteiger partial charge in [-0.2, -0.15) is 0 Å². The number of thioether (sulfide) groups is 1. The highest BCUT2D eigenvalue weighted by Gasteiger charge is 2.07. The van der Waals surface area contributed by atoms with Crippen LogP contribution in [0.5, 0.6) is 11.5 Å². The van der Waals surface area contributed by atoms with Gasteiger partial charge < -0.3 is 14.0 Å². The molecule has 0 radical (unpaired) electrons. The van der Waals surface area contributed by atoms with Crippen LogP contribution in [0.1, 0.15) is 29.5 Å². The van der Waals surface area contributed by atoms with Gasteiger partial charge in [-0.1, -0.05) is 11.8 Å². The highest BCUT2D eigenvalue weighted by Crippen LogP contribution is 2.28. The number of hydrogen-bond acceptors (Lipinski definition) is 6. The van der Waals surface area contributed by atoms with Crippen LogP contribution in [-0.2, 0) is 7.05 Å². The third-order valence-electron chi connectivity index (χ3n) is 3.23. The monoisotopic (exact) mass is 335 g/mol. The molecule has 1 heterocycles. The average Bonchev–Trinajstić information content (AvgIpc) is 2.88. The van der Waals surface area contributed by atoms with Crippen LogP contribution in [0.15, 0.2) is 23.4 Å². The largest absolute Gasteiger partial charge is 0.490 e. The van der Waals surface area contributed by atoms with Gasteiger partial charge in [-0.15, -0.1) is 10.2 Å². The van der Waals surface area contributed by atoms with Crippen LogP contribution in [0.25, 0.3) is 0 Å². The van der Waals surface area contributed by atoms with Gasteiger partial charge in [0.1, 0.15) is 12.1 Å². The van der Waals surface area contributed by atoms with Gasteiger partial charge in [0.2, 0.25) is 0 Å². The smallest absolute Gasteiger partial charge is 0.190 e. The van der Waals surface area contributed by atoms with Crippen LogP contribution in [0.4, 0.5) is 0 Å². The fourth-order valence-corrected chi connectivity index (χ4v) is 2.77. The zero-order valence-electron chi connectivity index (χ0n) is 13.6. The van der Waals surface area contributed by atoms with Crippen molar-refractivity contribution in [1.82, 2.24) is 14.8 Å². The van der Waals surface area contributed by atoms with E-state index in [1.54, 1.807) is 30.0 Å². The molecule has 0 fully saturated rings. The number of benzene rings is 1. The lowest BCUT2D eigenvalue weighted by Crippen LogP contribution is -2.03. The standard InChI is InChI=1S/C16H21N3O3S/c1-4-21-15-10-13(11-20)6-7-14(15)22-8-5-9-23-16-18-17-12(2)19(16)3/h6-7,10-11H,4-5,8-9H2,1-3H3. The van der Waals surface area contributed by atoms with Crippen molar-refractivity contribution in [2.75, 3.05) is 19.0 Å². The first-order valence-corrected chi connectivity index (χ1v) is 8.48. The molecule has 0 saturated carbocycles. The number of aromatic nitrogens is 3. The Morgan fingerprint density at radius 2 is 2.09 bits per heavy atom. The van der Waals surface area contributed by atoms with Crippen molar-refractivity contribution in [2.45, 2.75) is 25.4 Å². The van der Waals surface area contributed by atoms with Crippen molar-refractivity contribution in [3.8, 4) is 11.5 Å². The minimum atomic E-state index is 0.528. The summed E-state index contributed by atoms with van der Waals surface area (Å²) in [4.78, 5) is 10.8. The summed E-state index contributed by atoms with van der Waals surface area (Å²) in [5.41, 5.74) is 0.578. The normalized spacial score (nSPS) is 10.6. The SMILES string of the molecule is CCOc1cc(C=O)ccc1OCCCSc1nnc(C)n1C. The van der Waals surface area contributed by atoms with Crippen molar-refractivity contribution in [1.29, 1.82) is 0 Å².